The lowest BCUT2D eigenvalue weighted by molar-refractivity contribution is -0.146. The number of nitrogens with zero attached hydrogens (tertiary/aromatic N) is 2. The van der Waals surface area contributed by atoms with Gasteiger partial charge in [-0.15, -0.1) is 0 Å². The van der Waals surface area contributed by atoms with Crippen LogP contribution in [0.3, 0.4) is 0 Å². The fraction of sp³-hybridized carbons (Fsp3) is 0.591. The van der Waals surface area contributed by atoms with E-state index in [0.717, 1.165) is 44.0 Å². The summed E-state index contributed by atoms with van der Waals surface area (Å²) in [5.41, 5.74) is 1.16. The molecule has 3 unspecified atom stereocenters. The fourth-order valence-electron chi connectivity index (χ4n) is 4.77. The third-order valence-corrected chi connectivity index (χ3v) is 6.15. The Morgan fingerprint density at radius 2 is 1.89 bits per heavy atom. The summed E-state index contributed by atoms with van der Waals surface area (Å²) in [6.45, 7) is 1.22. The van der Waals surface area contributed by atoms with E-state index >= 15 is 0 Å². The van der Waals surface area contributed by atoms with Crippen LogP contribution in [0.2, 0.25) is 0 Å². The minimum Gasteiger partial charge on any atom is -0.480 e. The van der Waals surface area contributed by atoms with Crippen LogP contribution in [0.4, 0.5) is 0 Å². The number of hydrogen-bond donors (Lipinski definition) is 1. The van der Waals surface area contributed by atoms with Gasteiger partial charge in [-0.1, -0.05) is 36.8 Å². The van der Waals surface area contributed by atoms with Crippen LogP contribution in [0.1, 0.15) is 50.5 Å². The second-order valence-electron chi connectivity index (χ2n) is 7.83. The van der Waals surface area contributed by atoms with Crippen molar-refractivity contribution in [3.05, 3.63) is 35.9 Å². The average molecular weight is 386 g/mol. The molecule has 0 aliphatic carbocycles. The van der Waals surface area contributed by atoms with E-state index in [-0.39, 0.29) is 18.0 Å². The number of aldehydes is 1. The van der Waals surface area contributed by atoms with Gasteiger partial charge in [0.15, 0.2) is 0 Å². The maximum Gasteiger partial charge on any atom is 0.320 e. The van der Waals surface area contributed by atoms with E-state index in [9.17, 15) is 19.5 Å². The second-order valence-corrected chi connectivity index (χ2v) is 7.83. The van der Waals surface area contributed by atoms with Crippen molar-refractivity contribution in [2.24, 2.45) is 0 Å². The molecule has 1 aromatic carbocycles. The van der Waals surface area contributed by atoms with Gasteiger partial charge >= 0.3 is 5.97 Å². The van der Waals surface area contributed by atoms with Gasteiger partial charge in [0.2, 0.25) is 5.91 Å². The molecule has 2 heterocycles. The third kappa shape index (κ3) is 4.79. The molecule has 6 heteroatoms. The molecule has 2 saturated heterocycles. The third-order valence-electron chi connectivity index (χ3n) is 6.15. The van der Waals surface area contributed by atoms with Gasteiger partial charge in [0.25, 0.3) is 0 Å². The number of unbranched alkanes of at least 4 members (excludes halogenated alkanes) is 2. The van der Waals surface area contributed by atoms with E-state index in [4.69, 9.17) is 0 Å². The van der Waals surface area contributed by atoms with Crippen LogP contribution < -0.4 is 0 Å². The number of carboxylic acids is 1. The van der Waals surface area contributed by atoms with E-state index in [1.54, 1.807) is 0 Å². The number of piperazine rings is 1. The number of fused-ring (bicyclic) bond motifs is 1. The molecular weight excluding hydrogens is 356 g/mol. The van der Waals surface area contributed by atoms with Crippen molar-refractivity contribution in [2.75, 3.05) is 13.1 Å². The molecule has 2 aliphatic heterocycles. The van der Waals surface area contributed by atoms with Crippen molar-refractivity contribution < 1.29 is 19.5 Å². The Morgan fingerprint density at radius 1 is 1.11 bits per heavy atom. The summed E-state index contributed by atoms with van der Waals surface area (Å²) >= 11 is 0. The van der Waals surface area contributed by atoms with Crippen molar-refractivity contribution in [3.63, 3.8) is 0 Å². The number of carboxylic acid groups (broad SMARTS) is 1. The Hall–Kier alpha value is -2.21. The lowest BCUT2D eigenvalue weighted by Crippen LogP contribution is -2.61. The normalized spacial score (nSPS) is 24.7. The van der Waals surface area contributed by atoms with Gasteiger partial charge in [0.1, 0.15) is 12.3 Å². The van der Waals surface area contributed by atoms with E-state index in [1.807, 2.05) is 35.2 Å². The Bertz CT molecular complexity index is 678. The summed E-state index contributed by atoms with van der Waals surface area (Å²) in [5.74, 6) is -0.603. The predicted molar refractivity (Wildman–Crippen MR) is 106 cm³/mol. The van der Waals surface area contributed by atoms with Gasteiger partial charge < -0.3 is 14.8 Å². The molecule has 3 atom stereocenters. The molecule has 3 rings (SSSR count). The summed E-state index contributed by atoms with van der Waals surface area (Å²) in [4.78, 5) is 39.3. The smallest absolute Gasteiger partial charge is 0.320 e. The number of rotatable bonds is 9. The van der Waals surface area contributed by atoms with Crippen molar-refractivity contribution in [1.82, 2.24) is 9.80 Å². The minimum absolute atomic E-state index is 0.0491. The highest BCUT2D eigenvalue weighted by atomic mass is 16.4. The van der Waals surface area contributed by atoms with E-state index in [1.165, 1.54) is 0 Å². The van der Waals surface area contributed by atoms with Crippen molar-refractivity contribution in [1.29, 1.82) is 0 Å². The standard InChI is InChI=1S/C22H30N2O4/c25-16-6-2-5-9-18-19-11-12-20(22(27)28)23(19)14-15-24(18)21(26)13-10-17-7-3-1-4-8-17/h1,3-4,7-8,16,18-20H,2,5-6,9-15H2,(H,27,28). The maximum absolute atomic E-state index is 13.0. The molecule has 152 valence electrons. The van der Waals surface area contributed by atoms with Crippen LogP contribution in [0.15, 0.2) is 30.3 Å². The molecular formula is C22H30N2O4. The van der Waals surface area contributed by atoms with E-state index in [0.29, 0.717) is 32.4 Å². The first-order valence-electron chi connectivity index (χ1n) is 10.4. The Morgan fingerprint density at radius 3 is 2.61 bits per heavy atom. The monoisotopic (exact) mass is 386 g/mol. The average Bonchev–Trinajstić information content (AvgIpc) is 3.15. The number of benzene rings is 1. The molecule has 2 aliphatic rings. The fourth-order valence-corrected chi connectivity index (χ4v) is 4.77. The summed E-state index contributed by atoms with van der Waals surface area (Å²) in [6, 6.07) is 9.76. The minimum atomic E-state index is -0.758. The zero-order valence-corrected chi connectivity index (χ0v) is 16.3. The lowest BCUT2D eigenvalue weighted by atomic mass is 9.94. The maximum atomic E-state index is 13.0. The zero-order chi connectivity index (χ0) is 19.9. The Balaban J connectivity index is 1.66. The number of hydrogen-bond acceptors (Lipinski definition) is 4. The topological polar surface area (TPSA) is 77.9 Å². The largest absolute Gasteiger partial charge is 0.480 e. The summed E-state index contributed by atoms with van der Waals surface area (Å²) in [7, 11) is 0. The SMILES string of the molecule is O=CCCCCC1C2CCC(C(=O)O)N2CCN1C(=O)CCc1ccccc1. The number of amides is 1. The van der Waals surface area contributed by atoms with Gasteiger partial charge in [-0.25, -0.2) is 0 Å². The molecule has 0 aromatic heterocycles. The molecule has 1 aromatic rings. The van der Waals surface area contributed by atoms with Gasteiger partial charge in [0, 0.05) is 38.0 Å². The Kier molecular flexibility index (Phi) is 7.20. The highest BCUT2D eigenvalue weighted by Gasteiger charge is 2.46. The second kappa shape index (κ2) is 9.82. The first kappa shape index (κ1) is 20.5. The number of aryl methyl sites for hydroxylation is 1. The van der Waals surface area contributed by atoms with Crippen molar-refractivity contribution in [2.45, 2.75) is 69.5 Å². The predicted octanol–water partition coefficient (Wildman–Crippen LogP) is 2.51. The highest BCUT2D eigenvalue weighted by Crippen LogP contribution is 2.34. The van der Waals surface area contributed by atoms with Crippen LogP contribution in [0, 0.1) is 0 Å². The van der Waals surface area contributed by atoms with Crippen molar-refractivity contribution in [3.8, 4) is 0 Å². The summed E-state index contributed by atoms with van der Waals surface area (Å²) < 4.78 is 0. The molecule has 0 spiro atoms. The van der Waals surface area contributed by atoms with Gasteiger partial charge in [-0.2, -0.15) is 0 Å². The van der Waals surface area contributed by atoms with E-state index in [2.05, 4.69) is 4.90 Å². The van der Waals surface area contributed by atoms with Crippen LogP contribution in [0.5, 0.6) is 0 Å². The molecule has 0 saturated carbocycles. The summed E-state index contributed by atoms with van der Waals surface area (Å²) in [6.07, 6.45) is 6.68. The number of aliphatic carboxylic acids is 1. The quantitative estimate of drug-likeness (QED) is 0.521. The first-order chi connectivity index (χ1) is 13.6. The van der Waals surface area contributed by atoms with Gasteiger partial charge in [-0.05, 0) is 37.7 Å². The molecule has 2 fully saturated rings. The molecule has 0 bridgehead atoms. The molecule has 1 amide bonds. The van der Waals surface area contributed by atoms with Gasteiger partial charge in [0.05, 0.1) is 0 Å². The van der Waals surface area contributed by atoms with Crippen LogP contribution in [-0.4, -0.2) is 64.3 Å². The van der Waals surface area contributed by atoms with Crippen LogP contribution in [-0.2, 0) is 20.8 Å². The number of carbonyl (C=O) groups excluding carboxylic acids is 2. The molecule has 0 radical (unpaired) electrons. The first-order valence-corrected chi connectivity index (χ1v) is 10.4. The molecule has 6 nitrogen and oxygen atoms in total. The van der Waals surface area contributed by atoms with Crippen LogP contribution >= 0.6 is 0 Å². The highest BCUT2D eigenvalue weighted by molar-refractivity contribution is 5.77. The summed E-state index contributed by atoms with van der Waals surface area (Å²) in [5, 5.41) is 9.51. The van der Waals surface area contributed by atoms with Gasteiger partial charge in [-0.3, -0.25) is 14.5 Å². The molecule has 1 N–H and O–H groups in total. The van der Waals surface area contributed by atoms with Crippen LogP contribution in [0.25, 0.3) is 0 Å². The zero-order valence-electron chi connectivity index (χ0n) is 16.3. The van der Waals surface area contributed by atoms with E-state index < -0.39 is 12.0 Å². The Labute approximate surface area is 166 Å². The van der Waals surface area contributed by atoms with Crippen molar-refractivity contribution >= 4 is 18.2 Å². The lowest BCUT2D eigenvalue weighted by Gasteiger charge is -2.46. The molecule has 28 heavy (non-hydrogen) atoms. The number of carbonyl (C=O) groups is 3.